The van der Waals surface area contributed by atoms with Gasteiger partial charge in [-0.25, -0.2) is 4.79 Å². The first kappa shape index (κ1) is 17.7. The Morgan fingerprint density at radius 2 is 2.08 bits per heavy atom. The predicted octanol–water partition coefficient (Wildman–Crippen LogP) is 2.17. The van der Waals surface area contributed by atoms with E-state index in [0.29, 0.717) is 38.1 Å². The monoisotopic (exact) mass is 345 g/mol. The van der Waals surface area contributed by atoms with Crippen LogP contribution in [0.2, 0.25) is 0 Å². The van der Waals surface area contributed by atoms with E-state index >= 15 is 0 Å². The third-order valence-electron chi connectivity index (χ3n) is 4.77. The van der Waals surface area contributed by atoms with Gasteiger partial charge in [0.2, 0.25) is 0 Å². The van der Waals surface area contributed by atoms with E-state index in [9.17, 15) is 4.79 Å². The molecule has 136 valence electrons. The number of hydrogen-bond acceptors (Lipinski definition) is 4. The molecule has 2 amide bonds. The molecule has 1 aliphatic rings. The van der Waals surface area contributed by atoms with E-state index in [2.05, 4.69) is 27.8 Å². The van der Waals surface area contributed by atoms with Crippen LogP contribution in [-0.2, 0) is 11.2 Å². The molecule has 7 nitrogen and oxygen atoms in total. The number of pyridine rings is 1. The highest BCUT2D eigenvalue weighted by Crippen LogP contribution is 2.25. The van der Waals surface area contributed by atoms with Gasteiger partial charge in [-0.15, -0.1) is 10.2 Å². The summed E-state index contributed by atoms with van der Waals surface area (Å²) in [5.74, 6) is 1.46. The third-order valence-corrected chi connectivity index (χ3v) is 4.77. The number of carbonyl (C=O) groups is 1. The molecule has 0 unspecified atom stereocenters. The molecule has 2 heterocycles. The molecule has 2 aromatic heterocycles. The zero-order chi connectivity index (χ0) is 17.5. The molecule has 2 atom stereocenters. The van der Waals surface area contributed by atoms with Gasteiger partial charge in [-0.2, -0.15) is 0 Å². The van der Waals surface area contributed by atoms with E-state index < -0.39 is 0 Å². The highest BCUT2D eigenvalue weighted by atomic mass is 16.5. The number of nitrogens with one attached hydrogen (secondary N) is 2. The molecule has 0 bridgehead atoms. The van der Waals surface area contributed by atoms with Gasteiger partial charge in [-0.1, -0.05) is 25.8 Å². The van der Waals surface area contributed by atoms with Crippen molar-refractivity contribution in [2.24, 2.45) is 5.92 Å². The van der Waals surface area contributed by atoms with E-state index in [4.69, 9.17) is 4.74 Å². The first-order chi connectivity index (χ1) is 12.2. The topological polar surface area (TPSA) is 80.5 Å². The van der Waals surface area contributed by atoms with Gasteiger partial charge in [0, 0.05) is 25.7 Å². The van der Waals surface area contributed by atoms with Crippen molar-refractivity contribution in [3.8, 4) is 0 Å². The predicted molar refractivity (Wildman–Crippen MR) is 95.5 cm³/mol. The van der Waals surface area contributed by atoms with Crippen LogP contribution in [0.4, 0.5) is 4.79 Å². The second-order valence-corrected chi connectivity index (χ2v) is 6.65. The van der Waals surface area contributed by atoms with E-state index in [1.807, 2.05) is 28.8 Å². The van der Waals surface area contributed by atoms with Crippen LogP contribution >= 0.6 is 0 Å². The second kappa shape index (κ2) is 8.80. The number of urea groups is 1. The van der Waals surface area contributed by atoms with Crippen molar-refractivity contribution in [3.63, 3.8) is 0 Å². The van der Waals surface area contributed by atoms with Gasteiger partial charge in [0.15, 0.2) is 5.65 Å². The van der Waals surface area contributed by atoms with Crippen LogP contribution in [0, 0.1) is 5.92 Å². The highest BCUT2D eigenvalue weighted by Gasteiger charge is 2.21. The normalized spacial score (nSPS) is 20.5. The van der Waals surface area contributed by atoms with Crippen LogP contribution in [0.25, 0.3) is 5.65 Å². The van der Waals surface area contributed by atoms with Crippen LogP contribution in [-0.4, -0.2) is 46.4 Å². The van der Waals surface area contributed by atoms with Gasteiger partial charge in [0.1, 0.15) is 5.82 Å². The Morgan fingerprint density at radius 1 is 1.24 bits per heavy atom. The largest absolute Gasteiger partial charge is 0.376 e. The van der Waals surface area contributed by atoms with Crippen LogP contribution in [0.15, 0.2) is 24.4 Å². The zero-order valence-electron chi connectivity index (χ0n) is 14.8. The minimum absolute atomic E-state index is 0.172. The molecule has 0 aromatic carbocycles. The Bertz CT molecular complexity index is 687. The number of amides is 2. The molecule has 0 spiro atoms. The van der Waals surface area contributed by atoms with Gasteiger partial charge < -0.3 is 15.4 Å². The van der Waals surface area contributed by atoms with Gasteiger partial charge >= 0.3 is 6.03 Å². The Hall–Kier alpha value is -2.15. The number of fused-ring (bicyclic) bond motifs is 1. The molecule has 25 heavy (non-hydrogen) atoms. The van der Waals surface area contributed by atoms with Gasteiger partial charge in [0.25, 0.3) is 0 Å². The smallest absolute Gasteiger partial charge is 0.314 e. The van der Waals surface area contributed by atoms with Crippen LogP contribution in [0.3, 0.4) is 0 Å². The molecule has 1 saturated carbocycles. The Kier molecular flexibility index (Phi) is 6.22. The molecule has 0 radical (unpaired) electrons. The Morgan fingerprint density at radius 3 is 2.96 bits per heavy atom. The Balaban J connectivity index is 1.30. The van der Waals surface area contributed by atoms with Crippen LogP contribution in [0.1, 0.15) is 38.4 Å². The molecule has 3 rings (SSSR count). The van der Waals surface area contributed by atoms with Crippen molar-refractivity contribution in [3.05, 3.63) is 30.2 Å². The SMILES string of the molecule is C[C@@H]1CCCC[C@@H]1OCCNC(=O)NCCc1nnc2ccccn12. The summed E-state index contributed by atoms with van der Waals surface area (Å²) >= 11 is 0. The average molecular weight is 345 g/mol. The summed E-state index contributed by atoms with van der Waals surface area (Å²) in [5, 5.41) is 13.9. The van der Waals surface area contributed by atoms with Crippen molar-refractivity contribution >= 4 is 11.7 Å². The summed E-state index contributed by atoms with van der Waals surface area (Å²) in [5.41, 5.74) is 0.816. The molecule has 1 fully saturated rings. The fraction of sp³-hybridized carbons (Fsp3) is 0.611. The number of hydrogen-bond donors (Lipinski definition) is 2. The van der Waals surface area contributed by atoms with Gasteiger partial charge in [-0.05, 0) is 30.9 Å². The fourth-order valence-electron chi connectivity index (χ4n) is 3.32. The maximum Gasteiger partial charge on any atom is 0.314 e. The maximum atomic E-state index is 11.8. The van der Waals surface area contributed by atoms with Gasteiger partial charge in [-0.3, -0.25) is 4.40 Å². The lowest BCUT2D eigenvalue weighted by Crippen LogP contribution is -2.39. The highest BCUT2D eigenvalue weighted by molar-refractivity contribution is 5.73. The summed E-state index contributed by atoms with van der Waals surface area (Å²) in [4.78, 5) is 11.8. The molecule has 2 aromatic rings. The van der Waals surface area contributed by atoms with Crippen LogP contribution in [0.5, 0.6) is 0 Å². The summed E-state index contributed by atoms with van der Waals surface area (Å²) in [6.07, 6.45) is 7.85. The van der Waals surface area contributed by atoms with E-state index in [1.165, 1.54) is 19.3 Å². The standard InChI is InChI=1S/C18H27N5O2/c1-14-6-2-3-7-15(14)25-13-11-20-18(24)19-10-9-17-22-21-16-8-4-5-12-23(16)17/h4-5,8,12,14-15H,2-3,6-7,9-11,13H2,1H3,(H2,19,20,24)/t14-,15+/m1/s1. The van der Waals surface area contributed by atoms with Crippen molar-refractivity contribution in [1.29, 1.82) is 0 Å². The second-order valence-electron chi connectivity index (χ2n) is 6.65. The number of carbonyl (C=O) groups excluding carboxylic acids is 1. The van der Waals surface area contributed by atoms with Crippen LogP contribution < -0.4 is 10.6 Å². The number of rotatable bonds is 7. The first-order valence-corrected chi connectivity index (χ1v) is 9.16. The summed E-state index contributed by atoms with van der Waals surface area (Å²) in [7, 11) is 0. The lowest BCUT2D eigenvalue weighted by Gasteiger charge is -2.28. The number of aromatic nitrogens is 3. The minimum Gasteiger partial charge on any atom is -0.376 e. The molecular formula is C18H27N5O2. The molecule has 2 N–H and O–H groups in total. The average Bonchev–Trinajstić information content (AvgIpc) is 3.03. The van der Waals surface area contributed by atoms with Crippen molar-refractivity contribution in [2.75, 3.05) is 19.7 Å². The summed E-state index contributed by atoms with van der Waals surface area (Å²) in [6.45, 7) is 3.86. The summed E-state index contributed by atoms with van der Waals surface area (Å²) in [6, 6.07) is 5.60. The third kappa shape index (κ3) is 4.92. The first-order valence-electron chi connectivity index (χ1n) is 9.16. The lowest BCUT2D eigenvalue weighted by molar-refractivity contribution is -0.00242. The quantitative estimate of drug-likeness (QED) is 0.754. The van der Waals surface area contributed by atoms with E-state index in [0.717, 1.165) is 17.9 Å². The maximum absolute atomic E-state index is 11.8. The fourth-order valence-corrected chi connectivity index (χ4v) is 3.32. The van der Waals surface area contributed by atoms with Gasteiger partial charge in [0.05, 0.1) is 12.7 Å². The molecular weight excluding hydrogens is 318 g/mol. The molecule has 1 aliphatic carbocycles. The van der Waals surface area contributed by atoms with E-state index in [1.54, 1.807) is 0 Å². The lowest BCUT2D eigenvalue weighted by atomic mass is 9.88. The minimum atomic E-state index is -0.172. The number of nitrogens with zero attached hydrogens (tertiary/aromatic N) is 3. The van der Waals surface area contributed by atoms with Crippen molar-refractivity contribution in [1.82, 2.24) is 25.2 Å². The van der Waals surface area contributed by atoms with Crippen molar-refractivity contribution in [2.45, 2.75) is 45.1 Å². The molecule has 0 saturated heterocycles. The van der Waals surface area contributed by atoms with E-state index in [-0.39, 0.29) is 6.03 Å². The number of ether oxygens (including phenoxy) is 1. The molecule has 7 heteroatoms. The summed E-state index contributed by atoms with van der Waals surface area (Å²) < 4.78 is 7.82. The Labute approximate surface area is 148 Å². The zero-order valence-corrected chi connectivity index (χ0v) is 14.8. The molecule has 0 aliphatic heterocycles. The van der Waals surface area contributed by atoms with Crippen molar-refractivity contribution < 1.29 is 9.53 Å².